The summed E-state index contributed by atoms with van der Waals surface area (Å²) in [7, 11) is 1.83. The van der Waals surface area contributed by atoms with Gasteiger partial charge in [0.05, 0.1) is 11.4 Å². The molecule has 1 saturated carbocycles. The van der Waals surface area contributed by atoms with Gasteiger partial charge in [-0.15, -0.1) is 0 Å². The van der Waals surface area contributed by atoms with Gasteiger partial charge in [-0.2, -0.15) is 0 Å². The zero-order valence-electron chi connectivity index (χ0n) is 23.1. The van der Waals surface area contributed by atoms with Gasteiger partial charge in [0.1, 0.15) is 11.4 Å². The van der Waals surface area contributed by atoms with E-state index in [1.54, 1.807) is 5.01 Å². The molecule has 0 saturated heterocycles. The highest BCUT2D eigenvalue weighted by Crippen LogP contribution is 2.59. The zero-order valence-corrected chi connectivity index (χ0v) is 23.1. The average Bonchev–Trinajstić information content (AvgIpc) is 3.58. The molecule has 0 amide bonds. The minimum atomic E-state index is -0.283. The Morgan fingerprint density at radius 1 is 1.11 bits per heavy atom. The topological polar surface area (TPSA) is 80.6 Å². The monoisotopic (exact) mass is 499 g/mol. The maximum Gasteiger partial charge on any atom is 0.127 e. The summed E-state index contributed by atoms with van der Waals surface area (Å²) in [6, 6.07) is 13.3. The van der Waals surface area contributed by atoms with Crippen molar-refractivity contribution in [2.75, 3.05) is 24.3 Å². The highest BCUT2D eigenvalue weighted by atomic mass is 16.5. The van der Waals surface area contributed by atoms with E-state index in [9.17, 15) is 0 Å². The second-order valence-corrected chi connectivity index (χ2v) is 12.1. The first-order chi connectivity index (χ1) is 17.5. The normalized spacial score (nSPS) is 18.9. The Labute approximate surface area is 221 Å². The molecule has 1 unspecified atom stereocenters. The number of anilines is 2. The summed E-state index contributed by atoms with van der Waals surface area (Å²) in [5.41, 5.74) is 15.8. The lowest BCUT2D eigenvalue weighted by molar-refractivity contribution is 0.0682. The SMILES string of the molecule is Cc1ccc(C(c2ccc(N(C)N)c(N)c2C)C2(C)CC2)cc1CN1Cc2cnccc2OC(C)(C)C1. The first kappa shape index (κ1) is 25.6. The highest BCUT2D eigenvalue weighted by Gasteiger charge is 2.47. The third-order valence-electron chi connectivity index (χ3n) is 8.30. The summed E-state index contributed by atoms with van der Waals surface area (Å²) in [5, 5.41) is 1.60. The van der Waals surface area contributed by atoms with Crippen LogP contribution >= 0.6 is 0 Å². The van der Waals surface area contributed by atoms with Crippen molar-refractivity contribution in [2.24, 2.45) is 11.3 Å². The zero-order chi connectivity index (χ0) is 26.5. The standard InChI is InChI=1S/C31H41N5O/c1-20-7-8-22(28(31(5)12-13-31)25-9-10-26(35(6)33)29(32)21(25)2)15-23(20)17-36-18-24-16-34-14-11-27(24)37-30(3,4)19-36/h7-11,14-16,28H,12-13,17-19,32-33H2,1-6H3. The maximum absolute atomic E-state index is 6.58. The summed E-state index contributed by atoms with van der Waals surface area (Å²) >= 11 is 0. The van der Waals surface area contributed by atoms with Crippen LogP contribution in [0.3, 0.4) is 0 Å². The van der Waals surface area contributed by atoms with E-state index in [1.807, 2.05) is 25.5 Å². The Morgan fingerprint density at radius 2 is 1.86 bits per heavy atom. The molecule has 1 aliphatic carbocycles. The minimum absolute atomic E-state index is 0.239. The Balaban J connectivity index is 1.51. The van der Waals surface area contributed by atoms with Crippen LogP contribution < -0.4 is 21.3 Å². The number of aryl methyl sites for hydroxylation is 1. The molecule has 1 aliphatic heterocycles. The molecular weight excluding hydrogens is 458 g/mol. The summed E-state index contributed by atoms with van der Waals surface area (Å²) in [6.45, 7) is 13.6. The molecule has 6 heteroatoms. The van der Waals surface area contributed by atoms with E-state index < -0.39 is 0 Å². The van der Waals surface area contributed by atoms with Gasteiger partial charge in [0.15, 0.2) is 0 Å². The second-order valence-electron chi connectivity index (χ2n) is 12.1. The summed E-state index contributed by atoms with van der Waals surface area (Å²) < 4.78 is 6.36. The number of aromatic nitrogens is 1. The van der Waals surface area contributed by atoms with Crippen molar-refractivity contribution >= 4 is 11.4 Å². The van der Waals surface area contributed by atoms with E-state index >= 15 is 0 Å². The molecule has 5 rings (SSSR count). The van der Waals surface area contributed by atoms with Crippen molar-refractivity contribution in [2.45, 2.75) is 72.1 Å². The number of hydrogen-bond acceptors (Lipinski definition) is 6. The van der Waals surface area contributed by atoms with Crippen LogP contribution in [0.15, 0.2) is 48.8 Å². The third kappa shape index (κ3) is 5.05. The Morgan fingerprint density at radius 3 is 2.57 bits per heavy atom. The van der Waals surface area contributed by atoms with Crippen LogP contribution in [0.25, 0.3) is 0 Å². The molecule has 4 N–H and O–H groups in total. The van der Waals surface area contributed by atoms with Gasteiger partial charge in [0.2, 0.25) is 0 Å². The number of rotatable bonds is 6. The Hall–Kier alpha value is -3.09. The van der Waals surface area contributed by atoms with Crippen molar-refractivity contribution in [1.82, 2.24) is 9.88 Å². The predicted octanol–water partition coefficient (Wildman–Crippen LogP) is 5.70. The van der Waals surface area contributed by atoms with E-state index in [1.165, 1.54) is 35.1 Å². The smallest absolute Gasteiger partial charge is 0.127 e. The number of fused-ring (bicyclic) bond motifs is 1. The van der Waals surface area contributed by atoms with E-state index in [-0.39, 0.29) is 11.0 Å². The van der Waals surface area contributed by atoms with Crippen molar-refractivity contribution in [1.29, 1.82) is 0 Å². The van der Waals surface area contributed by atoms with Crippen LogP contribution in [-0.4, -0.2) is 29.1 Å². The molecule has 0 spiro atoms. The van der Waals surface area contributed by atoms with E-state index in [2.05, 4.69) is 74.8 Å². The quantitative estimate of drug-likeness (QED) is 0.257. The van der Waals surface area contributed by atoms with Gasteiger partial charge in [0, 0.05) is 50.6 Å². The lowest BCUT2D eigenvalue weighted by Gasteiger charge is -2.31. The van der Waals surface area contributed by atoms with Gasteiger partial charge in [-0.05, 0) is 85.9 Å². The number of nitrogen functional groups attached to an aromatic ring is 1. The van der Waals surface area contributed by atoms with Crippen LogP contribution in [0.2, 0.25) is 0 Å². The molecule has 0 radical (unpaired) electrons. The van der Waals surface area contributed by atoms with Gasteiger partial charge in [-0.25, -0.2) is 5.84 Å². The van der Waals surface area contributed by atoms with E-state index in [0.29, 0.717) is 5.92 Å². The molecule has 1 atom stereocenters. The molecule has 2 aliphatic rings. The number of pyridine rings is 1. The van der Waals surface area contributed by atoms with E-state index in [4.69, 9.17) is 16.3 Å². The minimum Gasteiger partial charge on any atom is -0.486 e. The number of hydrogen-bond donors (Lipinski definition) is 2. The average molecular weight is 500 g/mol. The molecule has 2 heterocycles. The molecule has 1 aromatic heterocycles. The fraction of sp³-hybridized carbons (Fsp3) is 0.452. The number of benzene rings is 2. The number of hydrazine groups is 1. The number of nitrogens with two attached hydrogens (primary N) is 2. The molecule has 196 valence electrons. The van der Waals surface area contributed by atoms with Crippen LogP contribution in [0.5, 0.6) is 5.75 Å². The lowest BCUT2D eigenvalue weighted by Crippen LogP contribution is -2.40. The molecular formula is C31H41N5O. The second kappa shape index (κ2) is 9.34. The largest absolute Gasteiger partial charge is 0.486 e. The molecule has 0 bridgehead atoms. The van der Waals surface area contributed by atoms with Gasteiger partial charge >= 0.3 is 0 Å². The lowest BCUT2D eigenvalue weighted by atomic mass is 9.76. The van der Waals surface area contributed by atoms with Crippen LogP contribution in [0.1, 0.15) is 72.9 Å². The summed E-state index contributed by atoms with van der Waals surface area (Å²) in [6.07, 6.45) is 6.19. The third-order valence-corrected chi connectivity index (χ3v) is 8.30. The Bertz CT molecular complexity index is 1310. The molecule has 3 aromatic rings. The molecule has 2 aromatic carbocycles. The first-order valence-corrected chi connectivity index (χ1v) is 13.3. The molecule has 6 nitrogen and oxygen atoms in total. The van der Waals surface area contributed by atoms with Crippen molar-refractivity contribution in [3.8, 4) is 5.75 Å². The summed E-state index contributed by atoms with van der Waals surface area (Å²) in [4.78, 5) is 6.84. The van der Waals surface area contributed by atoms with Crippen molar-refractivity contribution in [3.63, 3.8) is 0 Å². The van der Waals surface area contributed by atoms with Crippen LogP contribution in [0, 0.1) is 19.3 Å². The number of nitrogens with zero attached hydrogens (tertiary/aromatic N) is 3. The highest BCUT2D eigenvalue weighted by molar-refractivity contribution is 5.72. The predicted molar refractivity (Wildman–Crippen MR) is 152 cm³/mol. The Kier molecular flexibility index (Phi) is 6.45. The molecule has 37 heavy (non-hydrogen) atoms. The maximum atomic E-state index is 6.58. The fourth-order valence-electron chi connectivity index (χ4n) is 5.99. The van der Waals surface area contributed by atoms with Crippen molar-refractivity contribution in [3.05, 3.63) is 82.2 Å². The number of ether oxygens (including phenoxy) is 1. The van der Waals surface area contributed by atoms with Crippen LogP contribution in [-0.2, 0) is 13.1 Å². The summed E-state index contributed by atoms with van der Waals surface area (Å²) in [5.74, 6) is 7.27. The van der Waals surface area contributed by atoms with Crippen LogP contribution in [0.4, 0.5) is 11.4 Å². The fourth-order valence-corrected chi connectivity index (χ4v) is 5.99. The first-order valence-electron chi connectivity index (χ1n) is 13.3. The van der Waals surface area contributed by atoms with Gasteiger partial charge in [0.25, 0.3) is 0 Å². The van der Waals surface area contributed by atoms with E-state index in [0.717, 1.165) is 47.9 Å². The van der Waals surface area contributed by atoms with Gasteiger partial charge < -0.3 is 15.5 Å². The molecule has 1 fully saturated rings. The van der Waals surface area contributed by atoms with Gasteiger partial charge in [-0.1, -0.05) is 31.2 Å². The van der Waals surface area contributed by atoms with Gasteiger partial charge in [-0.3, -0.25) is 9.88 Å². The van der Waals surface area contributed by atoms with Crippen molar-refractivity contribution < 1.29 is 4.74 Å².